The zero-order valence-corrected chi connectivity index (χ0v) is 10.8. The minimum absolute atomic E-state index is 0.386. The number of hydrogen-bond donors (Lipinski definition) is 1. The Hall–Kier alpha value is -2.47. The SMILES string of the molecule is CCOc1cccc(C(C#N)Nc2ccccc2)c1. The average molecular weight is 252 g/mol. The molecule has 0 saturated carbocycles. The number of nitrogens with one attached hydrogen (secondary N) is 1. The summed E-state index contributed by atoms with van der Waals surface area (Å²) in [6, 6.07) is 19.2. The second-order valence-corrected chi connectivity index (χ2v) is 4.08. The largest absolute Gasteiger partial charge is 0.494 e. The van der Waals surface area contributed by atoms with Crippen molar-refractivity contribution < 1.29 is 4.74 Å². The average Bonchev–Trinajstić information content (AvgIpc) is 2.46. The number of nitrogens with zero attached hydrogens (tertiary/aromatic N) is 1. The highest BCUT2D eigenvalue weighted by molar-refractivity contribution is 5.48. The molecule has 1 N–H and O–H groups in total. The van der Waals surface area contributed by atoms with Crippen LogP contribution in [0.3, 0.4) is 0 Å². The molecule has 0 bridgehead atoms. The fourth-order valence-electron chi connectivity index (χ4n) is 1.84. The maximum Gasteiger partial charge on any atom is 0.140 e. The van der Waals surface area contributed by atoms with Crippen LogP contribution in [-0.4, -0.2) is 6.61 Å². The summed E-state index contributed by atoms with van der Waals surface area (Å²) in [5, 5.41) is 12.5. The van der Waals surface area contributed by atoms with Gasteiger partial charge < -0.3 is 10.1 Å². The number of anilines is 1. The van der Waals surface area contributed by atoms with Crippen molar-refractivity contribution in [2.45, 2.75) is 13.0 Å². The molecule has 0 aliphatic heterocycles. The van der Waals surface area contributed by atoms with Gasteiger partial charge >= 0.3 is 0 Å². The summed E-state index contributed by atoms with van der Waals surface area (Å²) in [4.78, 5) is 0. The molecule has 3 nitrogen and oxygen atoms in total. The van der Waals surface area contributed by atoms with E-state index < -0.39 is 0 Å². The summed E-state index contributed by atoms with van der Waals surface area (Å²) >= 11 is 0. The Labute approximate surface area is 113 Å². The van der Waals surface area contributed by atoms with Crippen LogP contribution >= 0.6 is 0 Å². The molecular weight excluding hydrogens is 236 g/mol. The number of para-hydroxylation sites is 1. The smallest absolute Gasteiger partial charge is 0.140 e. The van der Waals surface area contributed by atoms with E-state index in [1.165, 1.54) is 0 Å². The van der Waals surface area contributed by atoms with Crippen molar-refractivity contribution in [1.29, 1.82) is 5.26 Å². The Kier molecular flexibility index (Phi) is 4.41. The lowest BCUT2D eigenvalue weighted by atomic mass is 10.1. The first-order valence-corrected chi connectivity index (χ1v) is 6.27. The molecule has 0 aliphatic rings. The molecule has 0 fully saturated rings. The zero-order chi connectivity index (χ0) is 13.5. The van der Waals surface area contributed by atoms with Gasteiger partial charge in [-0.15, -0.1) is 0 Å². The van der Waals surface area contributed by atoms with Crippen LogP contribution in [0, 0.1) is 11.3 Å². The first-order valence-electron chi connectivity index (χ1n) is 6.27. The van der Waals surface area contributed by atoms with Crippen molar-refractivity contribution in [3.63, 3.8) is 0 Å². The highest BCUT2D eigenvalue weighted by Gasteiger charge is 2.10. The monoisotopic (exact) mass is 252 g/mol. The third-order valence-corrected chi connectivity index (χ3v) is 2.72. The molecule has 2 aromatic rings. The van der Waals surface area contributed by atoms with Crippen LogP contribution in [0.1, 0.15) is 18.5 Å². The minimum Gasteiger partial charge on any atom is -0.494 e. The Morgan fingerprint density at radius 2 is 1.95 bits per heavy atom. The van der Waals surface area contributed by atoms with Crippen LogP contribution in [0.5, 0.6) is 5.75 Å². The van der Waals surface area contributed by atoms with Gasteiger partial charge in [0.2, 0.25) is 0 Å². The van der Waals surface area contributed by atoms with E-state index in [0.717, 1.165) is 17.0 Å². The van der Waals surface area contributed by atoms with Crippen molar-refractivity contribution in [2.75, 3.05) is 11.9 Å². The van der Waals surface area contributed by atoms with Gasteiger partial charge in [0.1, 0.15) is 11.8 Å². The van der Waals surface area contributed by atoms with E-state index in [1.807, 2.05) is 61.5 Å². The lowest BCUT2D eigenvalue weighted by molar-refractivity contribution is 0.340. The number of rotatable bonds is 5. The van der Waals surface area contributed by atoms with Gasteiger partial charge in [0, 0.05) is 5.69 Å². The van der Waals surface area contributed by atoms with Crippen LogP contribution in [0.15, 0.2) is 54.6 Å². The first-order chi connectivity index (χ1) is 9.33. The highest BCUT2D eigenvalue weighted by atomic mass is 16.5. The van der Waals surface area contributed by atoms with Crippen molar-refractivity contribution >= 4 is 5.69 Å². The second-order valence-electron chi connectivity index (χ2n) is 4.08. The van der Waals surface area contributed by atoms with Gasteiger partial charge in [-0.3, -0.25) is 0 Å². The molecule has 0 spiro atoms. The van der Waals surface area contributed by atoms with E-state index in [0.29, 0.717) is 6.61 Å². The normalized spacial score (nSPS) is 11.4. The van der Waals surface area contributed by atoms with E-state index >= 15 is 0 Å². The van der Waals surface area contributed by atoms with E-state index in [4.69, 9.17) is 4.74 Å². The second kappa shape index (κ2) is 6.46. The Bertz CT molecular complexity index is 560. The highest BCUT2D eigenvalue weighted by Crippen LogP contribution is 2.22. The number of nitriles is 1. The summed E-state index contributed by atoms with van der Waals surface area (Å²) in [6.07, 6.45) is 0. The van der Waals surface area contributed by atoms with Gasteiger partial charge in [-0.05, 0) is 36.8 Å². The molecule has 0 heterocycles. The summed E-state index contributed by atoms with van der Waals surface area (Å²) in [7, 11) is 0. The van der Waals surface area contributed by atoms with Crippen LogP contribution in [0.25, 0.3) is 0 Å². The Morgan fingerprint density at radius 1 is 1.16 bits per heavy atom. The summed E-state index contributed by atoms with van der Waals surface area (Å²) in [5.41, 5.74) is 1.83. The van der Waals surface area contributed by atoms with E-state index in [9.17, 15) is 5.26 Å². The molecular formula is C16H16N2O. The van der Waals surface area contributed by atoms with Gasteiger partial charge in [-0.25, -0.2) is 0 Å². The van der Waals surface area contributed by atoms with E-state index in [2.05, 4.69) is 11.4 Å². The quantitative estimate of drug-likeness (QED) is 0.881. The number of hydrogen-bond acceptors (Lipinski definition) is 3. The first kappa shape index (κ1) is 13.0. The van der Waals surface area contributed by atoms with Crippen molar-refractivity contribution in [2.24, 2.45) is 0 Å². The minimum atomic E-state index is -0.386. The Balaban J connectivity index is 2.18. The third kappa shape index (κ3) is 3.49. The van der Waals surface area contributed by atoms with Gasteiger partial charge in [0.05, 0.1) is 12.7 Å². The van der Waals surface area contributed by atoms with Crippen LogP contribution in [-0.2, 0) is 0 Å². The predicted molar refractivity (Wildman–Crippen MR) is 76.0 cm³/mol. The molecule has 2 aromatic carbocycles. The molecule has 1 unspecified atom stereocenters. The van der Waals surface area contributed by atoms with Gasteiger partial charge in [0.15, 0.2) is 0 Å². The van der Waals surface area contributed by atoms with Crippen LogP contribution in [0.2, 0.25) is 0 Å². The third-order valence-electron chi connectivity index (χ3n) is 2.72. The summed E-state index contributed by atoms with van der Waals surface area (Å²) in [6.45, 7) is 2.56. The summed E-state index contributed by atoms with van der Waals surface area (Å²) in [5.74, 6) is 0.787. The van der Waals surface area contributed by atoms with Gasteiger partial charge in [0.25, 0.3) is 0 Å². The molecule has 3 heteroatoms. The molecule has 0 saturated heterocycles. The molecule has 19 heavy (non-hydrogen) atoms. The number of ether oxygens (including phenoxy) is 1. The maximum atomic E-state index is 9.31. The lowest BCUT2D eigenvalue weighted by Crippen LogP contribution is -2.08. The van der Waals surface area contributed by atoms with E-state index in [1.54, 1.807) is 0 Å². The van der Waals surface area contributed by atoms with Crippen LogP contribution in [0.4, 0.5) is 5.69 Å². The molecule has 0 amide bonds. The molecule has 0 radical (unpaired) electrons. The molecule has 0 aliphatic carbocycles. The van der Waals surface area contributed by atoms with Crippen molar-refractivity contribution in [1.82, 2.24) is 0 Å². The molecule has 1 atom stereocenters. The van der Waals surface area contributed by atoms with Crippen LogP contribution < -0.4 is 10.1 Å². The van der Waals surface area contributed by atoms with Gasteiger partial charge in [-0.1, -0.05) is 30.3 Å². The standard InChI is InChI=1S/C16H16N2O/c1-2-19-15-10-6-7-13(11-15)16(12-17)18-14-8-4-3-5-9-14/h3-11,16,18H,2H2,1H3. The lowest BCUT2D eigenvalue weighted by Gasteiger charge is -2.14. The zero-order valence-electron chi connectivity index (χ0n) is 10.8. The molecule has 96 valence electrons. The molecule has 2 rings (SSSR count). The fourth-order valence-corrected chi connectivity index (χ4v) is 1.84. The maximum absolute atomic E-state index is 9.31. The van der Waals surface area contributed by atoms with Crippen molar-refractivity contribution in [3.05, 3.63) is 60.2 Å². The van der Waals surface area contributed by atoms with E-state index in [-0.39, 0.29) is 6.04 Å². The topological polar surface area (TPSA) is 45.0 Å². The number of benzene rings is 2. The summed E-state index contributed by atoms with van der Waals surface area (Å²) < 4.78 is 5.45. The predicted octanol–water partition coefficient (Wildman–Crippen LogP) is 3.76. The van der Waals surface area contributed by atoms with Crippen molar-refractivity contribution in [3.8, 4) is 11.8 Å². The Morgan fingerprint density at radius 3 is 2.63 bits per heavy atom. The molecule has 0 aromatic heterocycles. The fraction of sp³-hybridized carbons (Fsp3) is 0.188. The van der Waals surface area contributed by atoms with Gasteiger partial charge in [-0.2, -0.15) is 5.26 Å².